The maximum atomic E-state index is 12.8. The summed E-state index contributed by atoms with van der Waals surface area (Å²) in [5.74, 6) is -0.977. The Morgan fingerprint density at radius 2 is 0.582 bits per heavy atom. The third kappa shape index (κ3) is 52.4. The normalized spacial score (nSPS) is 13.2. The van der Waals surface area contributed by atoms with Crippen molar-refractivity contribution in [1.82, 2.24) is 0 Å². The highest BCUT2D eigenvalue weighted by Gasteiger charge is 2.19. The van der Waals surface area contributed by atoms with E-state index in [0.29, 0.717) is 12.8 Å². The topological polar surface area (TPSA) is 78.9 Å². The Morgan fingerprint density at radius 1 is 0.313 bits per heavy atom. The molecule has 0 bridgehead atoms. The Morgan fingerprint density at radius 3 is 0.925 bits per heavy atom. The van der Waals surface area contributed by atoms with Gasteiger partial charge in [-0.05, 0) is 116 Å². The molecule has 0 heterocycles. The van der Waals surface area contributed by atoms with Crippen LogP contribution in [-0.2, 0) is 28.6 Å². The summed E-state index contributed by atoms with van der Waals surface area (Å²) in [6, 6.07) is 0. The van der Waals surface area contributed by atoms with E-state index in [9.17, 15) is 14.4 Å². The fourth-order valence-electron chi connectivity index (χ4n) is 6.71. The Balaban J connectivity index is 4.37. The summed E-state index contributed by atoms with van der Waals surface area (Å²) in [7, 11) is 0. The van der Waals surface area contributed by atoms with Crippen molar-refractivity contribution in [3.05, 3.63) is 134 Å². The molecule has 0 fully saturated rings. The van der Waals surface area contributed by atoms with Crippen molar-refractivity contribution in [2.24, 2.45) is 0 Å². The van der Waals surface area contributed by atoms with Gasteiger partial charge in [0.1, 0.15) is 13.2 Å². The number of carbonyl (C=O) groups is 3. The van der Waals surface area contributed by atoms with Crippen molar-refractivity contribution in [3.63, 3.8) is 0 Å². The van der Waals surface area contributed by atoms with Gasteiger partial charge in [0.25, 0.3) is 0 Å². The highest BCUT2D eigenvalue weighted by atomic mass is 16.6. The third-order valence-electron chi connectivity index (χ3n) is 10.7. The first-order chi connectivity index (χ1) is 33.0. The number of allylic oxidation sites excluding steroid dienone is 22. The molecule has 0 aromatic rings. The molecular weight excluding hydrogens is 829 g/mol. The predicted molar refractivity (Wildman–Crippen MR) is 288 cm³/mol. The van der Waals surface area contributed by atoms with Gasteiger partial charge in [0.15, 0.2) is 6.10 Å². The lowest BCUT2D eigenvalue weighted by molar-refractivity contribution is -0.167. The molecule has 0 aliphatic carbocycles. The van der Waals surface area contributed by atoms with Crippen LogP contribution in [0.25, 0.3) is 0 Å². The minimum Gasteiger partial charge on any atom is -0.462 e. The van der Waals surface area contributed by atoms with E-state index in [-0.39, 0.29) is 37.5 Å². The van der Waals surface area contributed by atoms with Gasteiger partial charge in [-0.1, -0.05) is 212 Å². The monoisotopic (exact) mass is 925 g/mol. The minimum absolute atomic E-state index is 0.103. The van der Waals surface area contributed by atoms with Gasteiger partial charge in [-0.25, -0.2) is 0 Å². The van der Waals surface area contributed by atoms with Crippen molar-refractivity contribution < 1.29 is 28.6 Å². The largest absolute Gasteiger partial charge is 0.462 e. The zero-order valence-corrected chi connectivity index (χ0v) is 42.9. The maximum Gasteiger partial charge on any atom is 0.306 e. The van der Waals surface area contributed by atoms with Crippen LogP contribution in [0.5, 0.6) is 0 Å². The molecule has 1 unspecified atom stereocenters. The summed E-state index contributed by atoms with van der Waals surface area (Å²) in [5.41, 5.74) is 0. The summed E-state index contributed by atoms with van der Waals surface area (Å²) in [5, 5.41) is 0. The van der Waals surface area contributed by atoms with Crippen LogP contribution in [0.2, 0.25) is 0 Å². The van der Waals surface area contributed by atoms with E-state index in [0.717, 1.165) is 148 Å². The zero-order valence-electron chi connectivity index (χ0n) is 42.9. The van der Waals surface area contributed by atoms with E-state index < -0.39 is 6.10 Å². The van der Waals surface area contributed by atoms with Gasteiger partial charge in [0.2, 0.25) is 0 Å². The number of carbonyl (C=O) groups excluding carboxylic acids is 3. The third-order valence-corrected chi connectivity index (χ3v) is 10.7. The second kappa shape index (κ2) is 54.2. The Kier molecular flexibility index (Phi) is 50.6. The molecule has 6 nitrogen and oxygen atoms in total. The fraction of sp³-hybridized carbons (Fsp3) is 0.590. The van der Waals surface area contributed by atoms with Gasteiger partial charge in [0.05, 0.1) is 0 Å². The summed E-state index contributed by atoms with van der Waals surface area (Å²) in [6.45, 7) is 6.30. The van der Waals surface area contributed by atoms with Crippen LogP contribution in [0, 0.1) is 0 Å². The van der Waals surface area contributed by atoms with Gasteiger partial charge in [-0.2, -0.15) is 0 Å². The summed E-state index contributed by atoms with van der Waals surface area (Å²) < 4.78 is 16.7. The molecule has 0 amide bonds. The molecule has 1 atom stereocenters. The van der Waals surface area contributed by atoms with Crippen LogP contribution >= 0.6 is 0 Å². The van der Waals surface area contributed by atoms with Gasteiger partial charge in [-0.15, -0.1) is 0 Å². The standard InChI is InChI=1S/C61H96O6/c1-4-7-10-13-16-18-20-22-24-26-27-28-29-30-31-32-33-35-36-38-40-42-45-48-51-54-60(63)66-57-58(56-65-59(62)53-50-47-44-15-12-9-6-3)67-61(64)55-52-49-46-43-41-39-37-34-25-23-21-19-17-14-11-8-5-2/h7-8,10-11,16-19,22-25,27-28,30-31,33,35,37-40,58H,4-6,9,12-15,20-21,26,29,32,34,36,41-57H2,1-3H3/b10-7-,11-8-,18-16-,19-17-,24-22-,25-23-,28-27-,31-30-,35-33-,39-37-,40-38-. The van der Waals surface area contributed by atoms with Crippen LogP contribution in [0.1, 0.15) is 213 Å². The average Bonchev–Trinajstić information content (AvgIpc) is 3.33. The first-order valence-corrected chi connectivity index (χ1v) is 26.7. The lowest BCUT2D eigenvalue weighted by Gasteiger charge is -2.18. The molecule has 0 saturated carbocycles. The second-order valence-electron chi connectivity index (χ2n) is 17.0. The second-order valence-corrected chi connectivity index (χ2v) is 17.0. The number of rotatable bonds is 46. The van der Waals surface area contributed by atoms with E-state index in [4.69, 9.17) is 14.2 Å². The summed E-state index contributed by atoms with van der Waals surface area (Å²) in [6.07, 6.45) is 76.0. The molecule has 0 aromatic carbocycles. The molecule has 0 radical (unpaired) electrons. The molecule has 0 rings (SSSR count). The van der Waals surface area contributed by atoms with E-state index >= 15 is 0 Å². The van der Waals surface area contributed by atoms with Crippen molar-refractivity contribution in [2.75, 3.05) is 13.2 Å². The minimum atomic E-state index is -0.807. The number of hydrogen-bond acceptors (Lipinski definition) is 6. The Bertz CT molecular complexity index is 1480. The van der Waals surface area contributed by atoms with Crippen LogP contribution in [0.15, 0.2) is 134 Å². The fourth-order valence-corrected chi connectivity index (χ4v) is 6.71. The van der Waals surface area contributed by atoms with E-state index in [1.54, 1.807) is 0 Å². The molecule has 0 saturated heterocycles. The smallest absolute Gasteiger partial charge is 0.306 e. The quantitative estimate of drug-likeness (QED) is 0.0262. The van der Waals surface area contributed by atoms with Crippen molar-refractivity contribution in [1.29, 1.82) is 0 Å². The van der Waals surface area contributed by atoms with Gasteiger partial charge >= 0.3 is 17.9 Å². The highest BCUT2D eigenvalue weighted by molar-refractivity contribution is 5.71. The number of unbranched alkanes of at least 4 members (excludes halogenated alkanes) is 13. The molecule has 376 valence electrons. The molecule has 6 heteroatoms. The molecule has 0 spiro atoms. The van der Waals surface area contributed by atoms with E-state index in [1.807, 2.05) is 0 Å². The van der Waals surface area contributed by atoms with Crippen molar-refractivity contribution in [2.45, 2.75) is 219 Å². The first kappa shape index (κ1) is 62.5. The SMILES string of the molecule is CC/C=C\C/C=C\C/C=C\C/C=C\C/C=C\C/C=C\C/C=C\CCCCCC(=O)OCC(COC(=O)CCCCCCCCC)OC(=O)CCCCCC/C=C\C/C=C\C/C=C\C/C=C\CC. The Hall–Kier alpha value is -4.45. The highest BCUT2D eigenvalue weighted by Crippen LogP contribution is 2.12. The average molecular weight is 925 g/mol. The molecule has 0 aliphatic heterocycles. The number of hydrogen-bond donors (Lipinski definition) is 0. The number of ether oxygens (including phenoxy) is 3. The van der Waals surface area contributed by atoms with E-state index in [2.05, 4.69) is 154 Å². The maximum absolute atomic E-state index is 12.8. The van der Waals surface area contributed by atoms with Crippen LogP contribution in [0.4, 0.5) is 0 Å². The van der Waals surface area contributed by atoms with Gasteiger partial charge in [-0.3, -0.25) is 14.4 Å². The first-order valence-electron chi connectivity index (χ1n) is 26.7. The molecule has 0 N–H and O–H groups in total. The Labute approximate surface area is 411 Å². The molecule has 0 aromatic heterocycles. The van der Waals surface area contributed by atoms with Crippen LogP contribution in [0.3, 0.4) is 0 Å². The van der Waals surface area contributed by atoms with Crippen molar-refractivity contribution in [3.8, 4) is 0 Å². The van der Waals surface area contributed by atoms with Gasteiger partial charge < -0.3 is 14.2 Å². The van der Waals surface area contributed by atoms with Gasteiger partial charge in [0, 0.05) is 19.3 Å². The lowest BCUT2D eigenvalue weighted by Crippen LogP contribution is -2.30. The van der Waals surface area contributed by atoms with Crippen molar-refractivity contribution >= 4 is 17.9 Å². The predicted octanol–water partition coefficient (Wildman–Crippen LogP) is 17.9. The summed E-state index contributed by atoms with van der Waals surface area (Å²) in [4.78, 5) is 37.9. The molecule has 67 heavy (non-hydrogen) atoms. The van der Waals surface area contributed by atoms with E-state index in [1.165, 1.54) is 25.7 Å². The van der Waals surface area contributed by atoms with Crippen LogP contribution < -0.4 is 0 Å². The van der Waals surface area contributed by atoms with Crippen LogP contribution in [-0.4, -0.2) is 37.2 Å². The lowest BCUT2D eigenvalue weighted by atomic mass is 10.1. The molecular formula is C61H96O6. The molecule has 0 aliphatic rings. The number of esters is 3. The zero-order chi connectivity index (χ0) is 48.6. The summed E-state index contributed by atoms with van der Waals surface area (Å²) >= 11 is 0.